The summed E-state index contributed by atoms with van der Waals surface area (Å²) < 4.78 is 8.46. The molecule has 2 aliphatic rings. The van der Waals surface area contributed by atoms with Crippen LogP contribution in [0.25, 0.3) is 27.9 Å². The van der Waals surface area contributed by atoms with Crippen molar-refractivity contribution >= 4 is 22.5 Å². The van der Waals surface area contributed by atoms with Gasteiger partial charge in [0.1, 0.15) is 24.4 Å². The van der Waals surface area contributed by atoms with Crippen LogP contribution in [0, 0.1) is 6.92 Å². The average Bonchev–Trinajstić information content (AvgIpc) is 2.59. The van der Waals surface area contributed by atoms with Crippen LogP contribution in [-0.4, -0.2) is 24.2 Å². The van der Waals surface area contributed by atoms with E-state index in [1.165, 1.54) is 6.08 Å². The number of hydrogen-bond donors (Lipinski definition) is 1. The number of hydrogen-bond acceptors (Lipinski definition) is 2. The van der Waals surface area contributed by atoms with Crippen LogP contribution in [0.15, 0.2) is 46.9 Å². The Morgan fingerprint density at radius 3 is 2.54 bits per heavy atom. The maximum absolute atomic E-state index is 11.2. The fourth-order valence-electron chi connectivity index (χ4n) is 3.45. The Morgan fingerprint density at radius 2 is 1.88 bits per heavy atom. The van der Waals surface area contributed by atoms with Gasteiger partial charge >= 0.3 is 5.97 Å². The highest BCUT2D eigenvalue weighted by Gasteiger charge is 2.18. The average molecular weight is 350 g/mol. The molecule has 1 N–H and O–H groups in total. The van der Waals surface area contributed by atoms with Crippen molar-refractivity contribution in [1.29, 1.82) is 0 Å². The van der Waals surface area contributed by atoms with E-state index < -0.39 is 5.97 Å². The minimum atomic E-state index is -0.948. The van der Waals surface area contributed by atoms with E-state index >= 15 is 0 Å². The molecule has 0 unspecified atom stereocenters. The summed E-state index contributed by atoms with van der Waals surface area (Å²) in [6.45, 7) is 9.93. The number of aliphatic carboxylic acids is 1. The van der Waals surface area contributed by atoms with Gasteiger partial charge in [-0.15, -0.1) is 0 Å². The Labute approximate surface area is 153 Å². The topological polar surface area (TPSA) is 53.5 Å². The molecule has 3 rings (SSSR count). The van der Waals surface area contributed by atoms with Gasteiger partial charge in [0.05, 0.1) is 6.07 Å². The van der Waals surface area contributed by atoms with Crippen LogP contribution < -0.4 is 9.93 Å². The van der Waals surface area contributed by atoms with Crippen LogP contribution in [0.5, 0.6) is 0 Å². The maximum Gasteiger partial charge on any atom is 0.328 e. The van der Waals surface area contributed by atoms with Crippen molar-refractivity contribution < 1.29 is 14.3 Å². The zero-order valence-electron chi connectivity index (χ0n) is 15.7. The minimum absolute atomic E-state index is 0.711. The molecule has 0 bridgehead atoms. The van der Waals surface area contributed by atoms with Gasteiger partial charge in [-0.2, -0.15) is 0 Å². The number of benzene rings is 2. The lowest BCUT2D eigenvalue weighted by molar-refractivity contribution is -0.131. The maximum atomic E-state index is 11.2. The monoisotopic (exact) mass is 350 g/mol. The number of nitrogens with zero attached hydrogens (tertiary/aromatic N) is 1. The third-order valence-electron chi connectivity index (χ3n) is 4.72. The smallest absolute Gasteiger partial charge is 0.328 e. The molecule has 0 amide bonds. The molecule has 0 atom stereocenters. The Hall–Kier alpha value is -2.88. The Balaban J connectivity index is 2.45. The molecule has 1 aliphatic carbocycles. The highest BCUT2D eigenvalue weighted by atomic mass is 16.4. The first-order chi connectivity index (χ1) is 12.4. The number of rotatable bonds is 4. The van der Waals surface area contributed by atoms with Crippen molar-refractivity contribution in [3.63, 3.8) is 0 Å². The molecule has 0 fully saturated rings. The molecule has 4 heteroatoms. The van der Waals surface area contributed by atoms with Gasteiger partial charge < -0.3 is 9.52 Å². The predicted molar refractivity (Wildman–Crippen MR) is 105 cm³/mol. The summed E-state index contributed by atoms with van der Waals surface area (Å²) in [6, 6.07) is 12.2. The van der Waals surface area contributed by atoms with Gasteiger partial charge in [0, 0.05) is 23.1 Å². The number of carboxylic acids is 1. The first-order valence-corrected chi connectivity index (χ1v) is 8.91. The third-order valence-corrected chi connectivity index (χ3v) is 4.72. The van der Waals surface area contributed by atoms with E-state index in [9.17, 15) is 9.90 Å². The van der Waals surface area contributed by atoms with E-state index in [-0.39, 0.29) is 0 Å². The number of allylic oxidation sites excluding steroid dienone is 1. The Kier molecular flexibility index (Phi) is 4.94. The normalized spacial score (nSPS) is 11.9. The molecule has 1 aromatic carbocycles. The van der Waals surface area contributed by atoms with Gasteiger partial charge in [-0.1, -0.05) is 12.1 Å². The molecule has 0 aromatic heterocycles. The summed E-state index contributed by atoms with van der Waals surface area (Å²) in [4.78, 5) is 11.2. The lowest BCUT2D eigenvalue weighted by Crippen LogP contribution is -2.29. The van der Waals surface area contributed by atoms with E-state index in [0.717, 1.165) is 51.9 Å². The van der Waals surface area contributed by atoms with Crippen molar-refractivity contribution in [3.05, 3.63) is 59.0 Å². The first kappa shape index (κ1) is 17.9. The van der Waals surface area contributed by atoms with E-state index in [1.807, 2.05) is 44.2 Å². The summed E-state index contributed by atoms with van der Waals surface area (Å²) in [7, 11) is 0. The van der Waals surface area contributed by atoms with E-state index in [0.29, 0.717) is 5.57 Å². The van der Waals surface area contributed by atoms with E-state index in [1.54, 1.807) is 0 Å². The van der Waals surface area contributed by atoms with Crippen LogP contribution in [-0.2, 0) is 4.79 Å². The van der Waals surface area contributed by atoms with Crippen LogP contribution >= 0.6 is 0 Å². The van der Waals surface area contributed by atoms with Crippen molar-refractivity contribution in [2.75, 3.05) is 13.1 Å². The second-order valence-corrected chi connectivity index (χ2v) is 6.50. The van der Waals surface area contributed by atoms with Gasteiger partial charge in [0.25, 0.3) is 0 Å². The summed E-state index contributed by atoms with van der Waals surface area (Å²) in [5.74, 6) is -0.183. The lowest BCUT2D eigenvalue weighted by atomic mass is 9.93. The van der Waals surface area contributed by atoms with Crippen LogP contribution in [0.2, 0.25) is 0 Å². The summed E-state index contributed by atoms with van der Waals surface area (Å²) >= 11 is 0. The molecule has 0 radical (unpaired) electrons. The molecular formula is C22H24NO3+. The standard InChI is InChI=1S/C22H23NO3/c1-5-23(6-2)16-8-10-18-20(13-16)26-19-11-14(3)7-9-17(19)22(18)15(4)12-21(24)25/h7-13H,5-6H2,1-4H3/p+1/b15-12-. The minimum Gasteiger partial charge on any atom is -0.478 e. The lowest BCUT2D eigenvalue weighted by Gasteiger charge is -2.15. The quantitative estimate of drug-likeness (QED) is 0.437. The summed E-state index contributed by atoms with van der Waals surface area (Å²) in [6.07, 6.45) is 1.26. The molecular weight excluding hydrogens is 326 g/mol. The third kappa shape index (κ3) is 3.27. The number of carboxylic acid groups (broad SMARTS) is 1. The largest absolute Gasteiger partial charge is 0.478 e. The molecule has 1 aliphatic heterocycles. The van der Waals surface area contributed by atoms with Crippen LogP contribution in [0.4, 0.5) is 0 Å². The van der Waals surface area contributed by atoms with Crippen LogP contribution in [0.1, 0.15) is 31.9 Å². The van der Waals surface area contributed by atoms with Crippen LogP contribution in [0.3, 0.4) is 0 Å². The fourth-order valence-corrected chi connectivity index (χ4v) is 3.45. The zero-order valence-corrected chi connectivity index (χ0v) is 15.7. The highest BCUT2D eigenvalue weighted by molar-refractivity contribution is 6.01. The molecule has 0 saturated carbocycles. The van der Waals surface area contributed by atoms with Gasteiger partial charge in [-0.05, 0) is 56.5 Å². The fraction of sp³-hybridized carbons (Fsp3) is 0.273. The number of carbonyl (C=O) groups is 1. The van der Waals surface area contributed by atoms with E-state index in [4.69, 9.17) is 4.42 Å². The summed E-state index contributed by atoms with van der Waals surface area (Å²) in [5, 5.41) is 11.2. The molecule has 1 heterocycles. The predicted octanol–water partition coefficient (Wildman–Crippen LogP) is 4.15. The van der Waals surface area contributed by atoms with Gasteiger partial charge in [-0.3, -0.25) is 0 Å². The van der Waals surface area contributed by atoms with E-state index in [2.05, 4.69) is 24.5 Å². The Bertz CT molecular complexity index is 1050. The number of aryl methyl sites for hydroxylation is 1. The zero-order chi connectivity index (χ0) is 18.8. The summed E-state index contributed by atoms with van der Waals surface area (Å²) in [5.41, 5.74) is 4.42. The SMILES string of the molecule is CC[N+](CC)=c1ccc2c(/C(C)=C\C(=O)O)c3ccc(C)cc3oc-2c1. The molecule has 4 nitrogen and oxygen atoms in total. The second-order valence-electron chi connectivity index (χ2n) is 6.50. The van der Waals surface area contributed by atoms with Crippen molar-refractivity contribution in [3.8, 4) is 11.3 Å². The molecule has 1 aromatic rings. The first-order valence-electron chi connectivity index (χ1n) is 8.91. The number of fused-ring (bicyclic) bond motifs is 2. The highest BCUT2D eigenvalue weighted by Crippen LogP contribution is 2.37. The molecule has 0 saturated heterocycles. The molecule has 26 heavy (non-hydrogen) atoms. The second kappa shape index (κ2) is 7.16. The van der Waals surface area contributed by atoms with Crippen molar-refractivity contribution in [2.45, 2.75) is 27.7 Å². The van der Waals surface area contributed by atoms with Crippen molar-refractivity contribution in [2.24, 2.45) is 0 Å². The van der Waals surface area contributed by atoms with Gasteiger partial charge in [-0.25, -0.2) is 9.37 Å². The van der Waals surface area contributed by atoms with Gasteiger partial charge in [0.2, 0.25) is 5.36 Å². The Morgan fingerprint density at radius 1 is 1.15 bits per heavy atom. The van der Waals surface area contributed by atoms with Crippen molar-refractivity contribution in [1.82, 2.24) is 4.58 Å². The van der Waals surface area contributed by atoms with Gasteiger partial charge in [0.15, 0.2) is 0 Å². The molecule has 134 valence electrons. The molecule has 0 spiro atoms.